The molecule has 1 aromatic rings. The summed E-state index contributed by atoms with van der Waals surface area (Å²) in [5.41, 5.74) is 0. The molecule has 1 heterocycles. The third kappa shape index (κ3) is 2.09. The lowest BCUT2D eigenvalue weighted by Gasteiger charge is -2.28. The Labute approximate surface area is 120 Å². The Morgan fingerprint density at radius 1 is 1.05 bits per heavy atom. The SMILES string of the molecule is CNC1CCCCC1c1nc(C2CC3CCC2C3)no1. The Kier molecular flexibility index (Phi) is 3.29. The van der Waals surface area contributed by atoms with Crippen molar-refractivity contribution in [3.63, 3.8) is 0 Å². The van der Waals surface area contributed by atoms with Crippen LogP contribution in [0.5, 0.6) is 0 Å². The second-order valence-corrected chi connectivity index (χ2v) is 7.06. The Bertz CT molecular complexity index is 472. The average Bonchev–Trinajstić information content (AvgIpc) is 3.22. The maximum absolute atomic E-state index is 5.66. The summed E-state index contributed by atoms with van der Waals surface area (Å²) in [5.74, 6) is 4.68. The molecule has 3 saturated carbocycles. The monoisotopic (exact) mass is 275 g/mol. The van der Waals surface area contributed by atoms with Crippen molar-refractivity contribution in [1.29, 1.82) is 0 Å². The number of nitrogens with zero attached hydrogens (tertiary/aromatic N) is 2. The van der Waals surface area contributed by atoms with E-state index in [9.17, 15) is 0 Å². The van der Waals surface area contributed by atoms with Crippen LogP contribution in [0.3, 0.4) is 0 Å². The van der Waals surface area contributed by atoms with Crippen LogP contribution in [0, 0.1) is 11.8 Å². The van der Waals surface area contributed by atoms with Crippen LogP contribution >= 0.6 is 0 Å². The molecule has 0 spiro atoms. The van der Waals surface area contributed by atoms with E-state index in [1.807, 2.05) is 0 Å². The van der Waals surface area contributed by atoms with E-state index in [-0.39, 0.29) is 0 Å². The van der Waals surface area contributed by atoms with Gasteiger partial charge < -0.3 is 9.84 Å². The van der Waals surface area contributed by atoms with Gasteiger partial charge in [-0.3, -0.25) is 0 Å². The van der Waals surface area contributed by atoms with E-state index in [0.29, 0.717) is 17.9 Å². The van der Waals surface area contributed by atoms with Crippen molar-refractivity contribution in [3.05, 3.63) is 11.7 Å². The van der Waals surface area contributed by atoms with Crippen LogP contribution in [0.25, 0.3) is 0 Å². The van der Waals surface area contributed by atoms with Crippen molar-refractivity contribution in [2.24, 2.45) is 11.8 Å². The molecule has 4 heteroatoms. The second-order valence-electron chi connectivity index (χ2n) is 7.06. The van der Waals surface area contributed by atoms with E-state index in [0.717, 1.165) is 23.6 Å². The van der Waals surface area contributed by atoms with Crippen LogP contribution in [0.1, 0.15) is 74.9 Å². The van der Waals surface area contributed by atoms with Crippen molar-refractivity contribution in [1.82, 2.24) is 15.5 Å². The Balaban J connectivity index is 1.52. The highest BCUT2D eigenvalue weighted by Crippen LogP contribution is 2.52. The van der Waals surface area contributed by atoms with Crippen LogP contribution in [-0.4, -0.2) is 23.2 Å². The van der Waals surface area contributed by atoms with E-state index < -0.39 is 0 Å². The molecule has 0 saturated heterocycles. The quantitative estimate of drug-likeness (QED) is 0.920. The summed E-state index contributed by atoms with van der Waals surface area (Å²) in [5, 5.41) is 7.78. The Hall–Kier alpha value is -0.900. The molecular weight excluding hydrogens is 250 g/mol. The number of nitrogens with one attached hydrogen (secondary N) is 1. The number of hydrogen-bond acceptors (Lipinski definition) is 4. The summed E-state index contributed by atoms with van der Waals surface area (Å²) >= 11 is 0. The van der Waals surface area contributed by atoms with Gasteiger partial charge in [0.2, 0.25) is 5.89 Å². The van der Waals surface area contributed by atoms with Gasteiger partial charge in [-0.05, 0) is 51.0 Å². The van der Waals surface area contributed by atoms with Gasteiger partial charge in [-0.15, -0.1) is 0 Å². The van der Waals surface area contributed by atoms with E-state index in [2.05, 4.69) is 17.5 Å². The van der Waals surface area contributed by atoms with Gasteiger partial charge in [-0.25, -0.2) is 0 Å². The van der Waals surface area contributed by atoms with Gasteiger partial charge in [-0.1, -0.05) is 24.4 Å². The molecule has 0 aromatic carbocycles. The number of fused-ring (bicyclic) bond motifs is 2. The van der Waals surface area contributed by atoms with Crippen LogP contribution in [0.2, 0.25) is 0 Å². The molecule has 0 radical (unpaired) electrons. The summed E-state index contributed by atoms with van der Waals surface area (Å²) in [7, 11) is 2.05. The molecule has 20 heavy (non-hydrogen) atoms. The third-order valence-corrected chi connectivity index (χ3v) is 5.98. The van der Waals surface area contributed by atoms with E-state index in [4.69, 9.17) is 9.51 Å². The number of rotatable bonds is 3. The van der Waals surface area contributed by atoms with Gasteiger partial charge in [0, 0.05) is 12.0 Å². The standard InChI is InChI=1S/C16H25N3O/c1-17-14-5-3-2-4-12(14)16-18-15(19-20-16)13-9-10-6-7-11(13)8-10/h10-14,17H,2-9H2,1H3. The molecule has 3 aliphatic rings. The normalized spacial score (nSPS) is 40.4. The molecule has 3 fully saturated rings. The molecule has 3 aliphatic carbocycles. The predicted molar refractivity (Wildman–Crippen MR) is 76.5 cm³/mol. The first kappa shape index (κ1) is 12.8. The van der Waals surface area contributed by atoms with Crippen LogP contribution in [-0.2, 0) is 0 Å². The Morgan fingerprint density at radius 2 is 1.95 bits per heavy atom. The van der Waals surface area contributed by atoms with Crippen LogP contribution in [0.4, 0.5) is 0 Å². The number of likely N-dealkylation sites (N-methyl/N-ethyl adjacent to an activating group) is 1. The lowest BCUT2D eigenvalue weighted by atomic mass is 9.84. The maximum atomic E-state index is 5.66. The highest BCUT2D eigenvalue weighted by atomic mass is 16.5. The minimum Gasteiger partial charge on any atom is -0.339 e. The Morgan fingerprint density at radius 3 is 2.70 bits per heavy atom. The zero-order valence-electron chi connectivity index (χ0n) is 12.3. The molecule has 4 rings (SSSR count). The number of hydrogen-bond donors (Lipinski definition) is 1. The largest absolute Gasteiger partial charge is 0.339 e. The summed E-state index contributed by atoms with van der Waals surface area (Å²) in [6, 6.07) is 0.511. The smallest absolute Gasteiger partial charge is 0.231 e. The molecule has 0 aliphatic heterocycles. The van der Waals surface area contributed by atoms with Crippen LogP contribution < -0.4 is 5.32 Å². The van der Waals surface area contributed by atoms with Crippen molar-refractivity contribution >= 4 is 0 Å². The van der Waals surface area contributed by atoms with Crippen molar-refractivity contribution in [3.8, 4) is 0 Å². The second kappa shape index (κ2) is 5.14. The third-order valence-electron chi connectivity index (χ3n) is 5.98. The van der Waals surface area contributed by atoms with Gasteiger partial charge in [0.15, 0.2) is 5.82 Å². The molecular formula is C16H25N3O. The first-order valence-electron chi connectivity index (χ1n) is 8.36. The molecule has 5 atom stereocenters. The predicted octanol–water partition coefficient (Wildman–Crippen LogP) is 3.22. The average molecular weight is 275 g/mol. The van der Waals surface area contributed by atoms with Gasteiger partial charge in [0.25, 0.3) is 0 Å². The zero-order valence-corrected chi connectivity index (χ0v) is 12.3. The minimum atomic E-state index is 0.425. The minimum absolute atomic E-state index is 0.425. The molecule has 5 unspecified atom stereocenters. The van der Waals surface area contributed by atoms with Gasteiger partial charge >= 0.3 is 0 Å². The summed E-state index contributed by atoms with van der Waals surface area (Å²) in [6.45, 7) is 0. The first-order valence-corrected chi connectivity index (χ1v) is 8.36. The molecule has 110 valence electrons. The van der Waals surface area contributed by atoms with Gasteiger partial charge in [0.05, 0.1) is 5.92 Å². The molecule has 0 amide bonds. The van der Waals surface area contributed by atoms with Gasteiger partial charge in [-0.2, -0.15) is 4.98 Å². The molecule has 1 aromatic heterocycles. The topological polar surface area (TPSA) is 51.0 Å². The highest BCUT2D eigenvalue weighted by molar-refractivity contribution is 5.09. The van der Waals surface area contributed by atoms with Crippen molar-refractivity contribution in [2.45, 2.75) is 69.2 Å². The first-order chi connectivity index (χ1) is 9.85. The maximum Gasteiger partial charge on any atom is 0.231 e. The lowest BCUT2D eigenvalue weighted by molar-refractivity contribution is 0.268. The zero-order chi connectivity index (χ0) is 13.5. The van der Waals surface area contributed by atoms with Crippen molar-refractivity contribution < 1.29 is 4.52 Å². The molecule has 2 bridgehead atoms. The summed E-state index contributed by atoms with van der Waals surface area (Å²) < 4.78 is 5.66. The fourth-order valence-corrected chi connectivity index (χ4v) is 4.88. The fraction of sp³-hybridized carbons (Fsp3) is 0.875. The van der Waals surface area contributed by atoms with E-state index in [1.54, 1.807) is 0 Å². The molecule has 4 nitrogen and oxygen atoms in total. The highest BCUT2D eigenvalue weighted by Gasteiger charge is 2.43. The number of aromatic nitrogens is 2. The van der Waals surface area contributed by atoms with E-state index in [1.165, 1.54) is 51.4 Å². The van der Waals surface area contributed by atoms with Crippen molar-refractivity contribution in [2.75, 3.05) is 7.05 Å². The van der Waals surface area contributed by atoms with Gasteiger partial charge in [0.1, 0.15) is 0 Å². The van der Waals surface area contributed by atoms with E-state index >= 15 is 0 Å². The van der Waals surface area contributed by atoms with Crippen LogP contribution in [0.15, 0.2) is 4.52 Å². The fourth-order valence-electron chi connectivity index (χ4n) is 4.88. The molecule has 1 N–H and O–H groups in total. The summed E-state index contributed by atoms with van der Waals surface area (Å²) in [4.78, 5) is 4.82. The summed E-state index contributed by atoms with van der Waals surface area (Å²) in [6.07, 6.45) is 10.5. The lowest BCUT2D eigenvalue weighted by Crippen LogP contribution is -2.34.